The van der Waals surface area contributed by atoms with Crippen molar-refractivity contribution < 1.29 is 9.21 Å². The summed E-state index contributed by atoms with van der Waals surface area (Å²) in [5.41, 5.74) is 2.67. The molecule has 140 valence electrons. The molecule has 0 bridgehead atoms. The fourth-order valence-electron chi connectivity index (χ4n) is 2.53. The smallest absolute Gasteiger partial charge is 0.247 e. The number of hydrogen-bond donors (Lipinski definition) is 1. The van der Waals surface area contributed by atoms with E-state index in [-0.39, 0.29) is 18.5 Å². The van der Waals surface area contributed by atoms with Crippen LogP contribution < -0.4 is 5.32 Å². The summed E-state index contributed by atoms with van der Waals surface area (Å²) in [6.07, 6.45) is 0. The van der Waals surface area contributed by atoms with E-state index in [1.165, 1.54) is 0 Å². The van der Waals surface area contributed by atoms with Crippen LogP contribution in [0.4, 0.5) is 5.69 Å². The van der Waals surface area contributed by atoms with Gasteiger partial charge in [0.1, 0.15) is 0 Å². The van der Waals surface area contributed by atoms with Crippen molar-refractivity contribution in [2.45, 2.75) is 19.9 Å². The summed E-state index contributed by atoms with van der Waals surface area (Å²) >= 11 is 6.00. The first-order valence-electron chi connectivity index (χ1n) is 8.58. The van der Waals surface area contributed by atoms with Gasteiger partial charge in [-0.1, -0.05) is 35.4 Å². The molecule has 0 aliphatic rings. The molecule has 0 aliphatic carbocycles. The average Bonchev–Trinajstić information content (AvgIpc) is 3.13. The quantitative estimate of drug-likeness (QED) is 0.684. The van der Waals surface area contributed by atoms with Gasteiger partial charge in [0, 0.05) is 16.3 Å². The lowest BCUT2D eigenvalue weighted by Gasteiger charge is -2.21. The van der Waals surface area contributed by atoms with Crippen LogP contribution in [0.15, 0.2) is 52.9 Å². The summed E-state index contributed by atoms with van der Waals surface area (Å²) in [6, 6.07) is 14.7. The molecule has 1 atom stereocenters. The Morgan fingerprint density at radius 3 is 2.67 bits per heavy atom. The molecule has 7 heteroatoms. The van der Waals surface area contributed by atoms with Gasteiger partial charge in [0.15, 0.2) is 0 Å². The summed E-state index contributed by atoms with van der Waals surface area (Å²) in [7, 11) is 1.84. The minimum absolute atomic E-state index is 0.109. The maximum absolute atomic E-state index is 12.3. The van der Waals surface area contributed by atoms with Gasteiger partial charge in [-0.2, -0.15) is 0 Å². The SMILES string of the molecule is Cc1ccc(NC(=O)CN(C)[C@H](C)c2nnc(-c3cccc(Cl)c3)o2)cc1. The predicted molar refractivity (Wildman–Crippen MR) is 106 cm³/mol. The lowest BCUT2D eigenvalue weighted by Crippen LogP contribution is -2.32. The van der Waals surface area contributed by atoms with E-state index in [0.717, 1.165) is 16.8 Å². The number of rotatable bonds is 6. The largest absolute Gasteiger partial charge is 0.419 e. The molecule has 3 rings (SSSR count). The van der Waals surface area contributed by atoms with E-state index in [0.29, 0.717) is 16.8 Å². The predicted octanol–water partition coefficient (Wildman–Crippen LogP) is 4.33. The zero-order valence-electron chi connectivity index (χ0n) is 15.4. The second kappa shape index (κ2) is 8.33. The Bertz CT molecular complexity index is 924. The number of halogens is 1. The molecule has 0 spiro atoms. The van der Waals surface area contributed by atoms with E-state index in [1.807, 2.05) is 62.2 Å². The average molecular weight is 385 g/mol. The van der Waals surface area contributed by atoms with Crippen molar-refractivity contribution in [2.75, 3.05) is 18.9 Å². The fourth-order valence-corrected chi connectivity index (χ4v) is 2.72. The molecule has 2 aromatic carbocycles. The Kier molecular flexibility index (Phi) is 5.88. The van der Waals surface area contributed by atoms with Crippen LogP contribution in [0.2, 0.25) is 5.02 Å². The van der Waals surface area contributed by atoms with Gasteiger partial charge in [0.25, 0.3) is 0 Å². The van der Waals surface area contributed by atoms with Crippen molar-refractivity contribution in [1.29, 1.82) is 0 Å². The van der Waals surface area contributed by atoms with Crippen molar-refractivity contribution in [3.63, 3.8) is 0 Å². The first-order valence-corrected chi connectivity index (χ1v) is 8.96. The van der Waals surface area contributed by atoms with Crippen molar-refractivity contribution in [1.82, 2.24) is 15.1 Å². The van der Waals surface area contributed by atoms with Crippen LogP contribution in [0, 0.1) is 6.92 Å². The summed E-state index contributed by atoms with van der Waals surface area (Å²) in [5.74, 6) is 0.732. The Labute approximate surface area is 163 Å². The second-order valence-corrected chi connectivity index (χ2v) is 6.90. The number of nitrogens with zero attached hydrogens (tertiary/aromatic N) is 3. The van der Waals surface area contributed by atoms with Crippen LogP contribution in [-0.4, -0.2) is 34.6 Å². The van der Waals surface area contributed by atoms with E-state index in [4.69, 9.17) is 16.0 Å². The minimum Gasteiger partial charge on any atom is -0.419 e. The molecule has 0 saturated carbocycles. The van der Waals surface area contributed by atoms with Crippen molar-refractivity contribution in [2.24, 2.45) is 0 Å². The Hall–Kier alpha value is -2.70. The van der Waals surface area contributed by atoms with Crippen LogP contribution in [0.25, 0.3) is 11.5 Å². The third-order valence-electron chi connectivity index (χ3n) is 4.26. The molecule has 3 aromatic rings. The number of aromatic nitrogens is 2. The number of aryl methyl sites for hydroxylation is 1. The third-order valence-corrected chi connectivity index (χ3v) is 4.49. The van der Waals surface area contributed by atoms with Gasteiger partial charge in [0.05, 0.1) is 12.6 Å². The van der Waals surface area contributed by atoms with Crippen LogP contribution >= 0.6 is 11.6 Å². The molecule has 1 aromatic heterocycles. The number of carbonyl (C=O) groups excluding carboxylic acids is 1. The van der Waals surface area contributed by atoms with Gasteiger partial charge in [-0.25, -0.2) is 0 Å². The minimum atomic E-state index is -0.214. The Morgan fingerprint density at radius 1 is 1.22 bits per heavy atom. The maximum atomic E-state index is 12.3. The van der Waals surface area contributed by atoms with Gasteiger partial charge in [-0.15, -0.1) is 10.2 Å². The topological polar surface area (TPSA) is 71.3 Å². The molecule has 1 heterocycles. The molecule has 1 amide bonds. The molecule has 27 heavy (non-hydrogen) atoms. The summed E-state index contributed by atoms with van der Waals surface area (Å²) in [6.45, 7) is 4.11. The highest BCUT2D eigenvalue weighted by Crippen LogP contribution is 2.25. The first kappa shape index (κ1) is 19.1. The monoisotopic (exact) mass is 384 g/mol. The standard InChI is InChI=1S/C20H21ClN4O2/c1-13-7-9-17(10-8-13)22-18(26)12-25(3)14(2)19-23-24-20(27-19)15-5-4-6-16(21)11-15/h4-11,14H,12H2,1-3H3,(H,22,26)/t14-/m1/s1. The molecule has 6 nitrogen and oxygen atoms in total. The number of anilines is 1. The van der Waals surface area contributed by atoms with Crippen LogP contribution in [0.5, 0.6) is 0 Å². The zero-order valence-corrected chi connectivity index (χ0v) is 16.2. The highest BCUT2D eigenvalue weighted by Gasteiger charge is 2.21. The van der Waals surface area contributed by atoms with E-state index < -0.39 is 0 Å². The van der Waals surface area contributed by atoms with E-state index in [1.54, 1.807) is 12.1 Å². The molecule has 0 saturated heterocycles. The zero-order chi connectivity index (χ0) is 19.4. The Balaban J connectivity index is 1.62. The maximum Gasteiger partial charge on any atom is 0.247 e. The van der Waals surface area contributed by atoms with Gasteiger partial charge in [-0.05, 0) is 51.2 Å². The normalized spacial score (nSPS) is 12.2. The van der Waals surface area contributed by atoms with Crippen LogP contribution in [0.3, 0.4) is 0 Å². The van der Waals surface area contributed by atoms with E-state index in [2.05, 4.69) is 15.5 Å². The van der Waals surface area contributed by atoms with Gasteiger partial charge in [-0.3, -0.25) is 9.69 Å². The first-order chi connectivity index (χ1) is 12.9. The number of benzene rings is 2. The molecule has 1 N–H and O–H groups in total. The van der Waals surface area contributed by atoms with E-state index in [9.17, 15) is 4.79 Å². The molecule has 0 fully saturated rings. The summed E-state index contributed by atoms with van der Waals surface area (Å²) in [5, 5.41) is 11.7. The number of nitrogens with one attached hydrogen (secondary N) is 1. The van der Waals surface area contributed by atoms with Gasteiger partial charge >= 0.3 is 0 Å². The number of hydrogen-bond acceptors (Lipinski definition) is 5. The van der Waals surface area contributed by atoms with Gasteiger partial charge in [0.2, 0.25) is 17.7 Å². The second-order valence-electron chi connectivity index (χ2n) is 6.46. The molecule has 0 aliphatic heterocycles. The van der Waals surface area contributed by atoms with Crippen molar-refractivity contribution in [3.05, 3.63) is 65.0 Å². The molecular weight excluding hydrogens is 364 g/mol. The fraction of sp³-hybridized carbons (Fsp3) is 0.250. The van der Waals surface area contributed by atoms with E-state index >= 15 is 0 Å². The van der Waals surface area contributed by atoms with Crippen molar-refractivity contribution in [3.8, 4) is 11.5 Å². The third kappa shape index (κ3) is 4.93. The Morgan fingerprint density at radius 2 is 1.96 bits per heavy atom. The summed E-state index contributed by atoms with van der Waals surface area (Å²) < 4.78 is 5.77. The summed E-state index contributed by atoms with van der Waals surface area (Å²) in [4.78, 5) is 14.1. The highest BCUT2D eigenvalue weighted by molar-refractivity contribution is 6.30. The number of likely N-dealkylation sites (N-methyl/N-ethyl adjacent to an activating group) is 1. The lowest BCUT2D eigenvalue weighted by atomic mass is 10.2. The molecule has 0 radical (unpaired) electrons. The van der Waals surface area contributed by atoms with Crippen LogP contribution in [-0.2, 0) is 4.79 Å². The van der Waals surface area contributed by atoms with Crippen LogP contribution in [0.1, 0.15) is 24.4 Å². The highest BCUT2D eigenvalue weighted by atomic mass is 35.5. The lowest BCUT2D eigenvalue weighted by molar-refractivity contribution is -0.117. The molecular formula is C20H21ClN4O2. The number of amides is 1. The van der Waals surface area contributed by atoms with Crippen molar-refractivity contribution >= 4 is 23.2 Å². The molecule has 0 unspecified atom stereocenters. The van der Waals surface area contributed by atoms with Gasteiger partial charge < -0.3 is 9.73 Å². The number of carbonyl (C=O) groups is 1.